The highest BCUT2D eigenvalue weighted by Gasteiger charge is 2.32. The molecule has 0 aliphatic heterocycles. The number of nitrogens with one attached hydrogen (secondary N) is 1. The number of ether oxygens (including phenoxy) is 2. The molecule has 4 aromatic rings. The predicted octanol–water partition coefficient (Wildman–Crippen LogP) is 8.70. The molecule has 0 amide bonds. The number of thiazole rings is 1. The molecule has 0 aliphatic carbocycles. The van der Waals surface area contributed by atoms with Gasteiger partial charge in [0, 0.05) is 22.0 Å². The summed E-state index contributed by atoms with van der Waals surface area (Å²) in [5.74, 6) is 0.146. The fraction of sp³-hybridized carbons (Fsp3) is 0.312. The minimum Gasteiger partial charge on any atom is -0.476 e. The first-order valence-corrected chi connectivity index (χ1v) is 14.6. The van der Waals surface area contributed by atoms with Crippen LogP contribution in [0.15, 0.2) is 66.7 Å². The SMILES string of the molecule is CCOC(=O)C(C)(C)Oc1ccc(CNC(c2ccccc2Cl)c2sc(-c3ccc(C(F)(F)F)cc3)nc2C)cc1C. The summed E-state index contributed by atoms with van der Waals surface area (Å²) in [6.45, 7) is 9.63. The van der Waals surface area contributed by atoms with Crippen LogP contribution in [0.25, 0.3) is 10.6 Å². The molecule has 0 radical (unpaired) electrons. The van der Waals surface area contributed by atoms with Crippen LogP contribution in [0.5, 0.6) is 5.75 Å². The maximum Gasteiger partial charge on any atom is 0.416 e. The lowest BCUT2D eigenvalue weighted by Crippen LogP contribution is -2.39. The van der Waals surface area contributed by atoms with Crippen molar-refractivity contribution in [2.24, 2.45) is 0 Å². The smallest absolute Gasteiger partial charge is 0.416 e. The average Bonchev–Trinajstić information content (AvgIpc) is 3.32. The van der Waals surface area contributed by atoms with Crippen LogP contribution in [0, 0.1) is 13.8 Å². The Hall–Kier alpha value is -3.40. The first-order valence-electron chi connectivity index (χ1n) is 13.4. The van der Waals surface area contributed by atoms with E-state index in [4.69, 9.17) is 26.1 Å². The van der Waals surface area contributed by atoms with Gasteiger partial charge < -0.3 is 14.8 Å². The molecule has 1 N–H and O–H groups in total. The van der Waals surface area contributed by atoms with Crippen LogP contribution in [-0.2, 0) is 22.3 Å². The van der Waals surface area contributed by atoms with Gasteiger partial charge in [-0.05, 0) is 75.6 Å². The van der Waals surface area contributed by atoms with Crippen LogP contribution in [0.1, 0.15) is 59.6 Å². The summed E-state index contributed by atoms with van der Waals surface area (Å²) in [5, 5.41) is 4.80. The Morgan fingerprint density at radius 1 is 1.05 bits per heavy atom. The van der Waals surface area contributed by atoms with Crippen molar-refractivity contribution in [3.8, 4) is 16.3 Å². The second-order valence-corrected chi connectivity index (χ2v) is 11.7. The van der Waals surface area contributed by atoms with Crippen LogP contribution >= 0.6 is 22.9 Å². The molecule has 0 aliphatic rings. The molecule has 5 nitrogen and oxygen atoms in total. The highest BCUT2D eigenvalue weighted by Crippen LogP contribution is 2.38. The zero-order valence-corrected chi connectivity index (χ0v) is 25.5. The molecule has 10 heteroatoms. The number of hydrogen-bond donors (Lipinski definition) is 1. The van der Waals surface area contributed by atoms with E-state index < -0.39 is 23.3 Å². The van der Waals surface area contributed by atoms with Crippen molar-refractivity contribution < 1.29 is 27.4 Å². The maximum atomic E-state index is 13.1. The van der Waals surface area contributed by atoms with Crippen LogP contribution in [-0.4, -0.2) is 23.2 Å². The molecular weight excluding hydrogens is 585 g/mol. The Morgan fingerprint density at radius 3 is 2.36 bits per heavy atom. The molecular formula is C32H32ClF3N2O3S. The highest BCUT2D eigenvalue weighted by molar-refractivity contribution is 7.15. The topological polar surface area (TPSA) is 60.5 Å². The van der Waals surface area contributed by atoms with E-state index in [0.717, 1.165) is 39.4 Å². The largest absolute Gasteiger partial charge is 0.476 e. The lowest BCUT2D eigenvalue weighted by molar-refractivity contribution is -0.158. The first kappa shape index (κ1) is 31.5. The van der Waals surface area contributed by atoms with E-state index in [1.165, 1.54) is 23.5 Å². The molecule has 0 saturated carbocycles. The third kappa shape index (κ3) is 7.32. The lowest BCUT2D eigenvalue weighted by Gasteiger charge is -2.25. The van der Waals surface area contributed by atoms with Crippen molar-refractivity contribution >= 4 is 28.9 Å². The predicted molar refractivity (Wildman–Crippen MR) is 160 cm³/mol. The van der Waals surface area contributed by atoms with Crippen molar-refractivity contribution in [2.75, 3.05) is 6.61 Å². The van der Waals surface area contributed by atoms with Gasteiger partial charge in [-0.25, -0.2) is 9.78 Å². The molecule has 1 aromatic heterocycles. The van der Waals surface area contributed by atoms with E-state index in [1.54, 1.807) is 20.8 Å². The molecule has 0 fully saturated rings. The van der Waals surface area contributed by atoms with Gasteiger partial charge in [0.15, 0.2) is 5.60 Å². The number of aryl methyl sites for hydroxylation is 2. The second-order valence-electron chi connectivity index (χ2n) is 10.3. The summed E-state index contributed by atoms with van der Waals surface area (Å²) in [4.78, 5) is 17.9. The standard InChI is InChI=1S/C32H32ClF3N2O3S/c1-6-40-30(39)31(4,5)41-26-16-11-21(17-19(26)2)18-37-27(24-9-7-8-10-25(24)33)28-20(3)38-29(42-28)22-12-14-23(15-13-22)32(34,35)36/h7-17,27,37H,6,18H2,1-5H3. The number of hydrogen-bond acceptors (Lipinski definition) is 6. The Balaban J connectivity index is 1.59. The van der Waals surface area contributed by atoms with Crippen LogP contribution in [0.2, 0.25) is 5.02 Å². The zero-order valence-electron chi connectivity index (χ0n) is 23.9. The molecule has 222 valence electrons. The summed E-state index contributed by atoms with van der Waals surface area (Å²) in [6.07, 6.45) is -4.40. The number of esters is 1. The van der Waals surface area contributed by atoms with E-state index in [2.05, 4.69) is 5.32 Å². The van der Waals surface area contributed by atoms with E-state index in [0.29, 0.717) is 27.9 Å². The number of nitrogens with zero attached hydrogens (tertiary/aromatic N) is 1. The Morgan fingerprint density at radius 2 is 1.74 bits per heavy atom. The van der Waals surface area contributed by atoms with Gasteiger partial charge in [-0.3, -0.25) is 0 Å². The van der Waals surface area contributed by atoms with Crippen LogP contribution in [0.3, 0.4) is 0 Å². The van der Waals surface area contributed by atoms with Crippen molar-refractivity contribution in [3.63, 3.8) is 0 Å². The monoisotopic (exact) mass is 616 g/mol. The number of carbonyl (C=O) groups excluding carboxylic acids is 1. The number of alkyl halides is 3. The zero-order chi connectivity index (χ0) is 30.7. The van der Waals surface area contributed by atoms with Crippen molar-refractivity contribution in [1.82, 2.24) is 10.3 Å². The third-order valence-corrected chi connectivity index (χ3v) is 8.27. The molecule has 4 rings (SSSR count). The van der Waals surface area contributed by atoms with E-state index in [-0.39, 0.29) is 12.6 Å². The quantitative estimate of drug-likeness (QED) is 0.181. The average molecular weight is 617 g/mol. The maximum absolute atomic E-state index is 13.1. The Kier molecular flexibility index (Phi) is 9.65. The number of rotatable bonds is 10. The van der Waals surface area contributed by atoms with Gasteiger partial charge in [0.2, 0.25) is 0 Å². The summed E-state index contributed by atoms with van der Waals surface area (Å²) in [5.41, 5.74) is 2.23. The fourth-order valence-corrected chi connectivity index (χ4v) is 5.84. The van der Waals surface area contributed by atoms with Gasteiger partial charge in [0.1, 0.15) is 10.8 Å². The van der Waals surface area contributed by atoms with E-state index in [9.17, 15) is 18.0 Å². The molecule has 1 unspecified atom stereocenters. The summed E-state index contributed by atoms with van der Waals surface area (Å²) >= 11 is 8.04. The minimum absolute atomic E-state index is 0.271. The summed E-state index contributed by atoms with van der Waals surface area (Å²) in [7, 11) is 0. The van der Waals surface area contributed by atoms with Gasteiger partial charge in [0.05, 0.1) is 23.9 Å². The Bertz CT molecular complexity index is 1550. The number of carbonyl (C=O) groups is 1. The van der Waals surface area contributed by atoms with Gasteiger partial charge in [-0.2, -0.15) is 13.2 Å². The molecule has 42 heavy (non-hydrogen) atoms. The van der Waals surface area contributed by atoms with Crippen molar-refractivity contribution in [1.29, 1.82) is 0 Å². The van der Waals surface area contributed by atoms with Gasteiger partial charge in [0.25, 0.3) is 0 Å². The molecule has 0 bridgehead atoms. The normalized spacial score (nSPS) is 12.7. The first-order chi connectivity index (χ1) is 19.8. The molecule has 3 aromatic carbocycles. The van der Waals surface area contributed by atoms with Gasteiger partial charge in [-0.15, -0.1) is 11.3 Å². The van der Waals surface area contributed by atoms with Crippen molar-refractivity contribution in [3.05, 3.63) is 105 Å². The number of aromatic nitrogens is 1. The Labute approximate surface area is 252 Å². The van der Waals surface area contributed by atoms with Crippen LogP contribution < -0.4 is 10.1 Å². The van der Waals surface area contributed by atoms with Crippen LogP contribution in [0.4, 0.5) is 13.2 Å². The fourth-order valence-electron chi connectivity index (χ4n) is 4.43. The van der Waals surface area contributed by atoms with Crippen molar-refractivity contribution in [2.45, 2.75) is 59.0 Å². The van der Waals surface area contributed by atoms with E-state index >= 15 is 0 Å². The highest BCUT2D eigenvalue weighted by atomic mass is 35.5. The van der Waals surface area contributed by atoms with Gasteiger partial charge >= 0.3 is 12.1 Å². The lowest BCUT2D eigenvalue weighted by atomic mass is 10.0. The minimum atomic E-state index is -4.40. The molecule has 0 saturated heterocycles. The van der Waals surface area contributed by atoms with E-state index in [1.807, 2.05) is 56.3 Å². The number of halogens is 4. The van der Waals surface area contributed by atoms with Gasteiger partial charge in [-0.1, -0.05) is 54.1 Å². The summed E-state index contributed by atoms with van der Waals surface area (Å²) < 4.78 is 50.3. The summed E-state index contributed by atoms with van der Waals surface area (Å²) in [6, 6.07) is 18.0. The molecule has 1 atom stereocenters. The number of benzene rings is 3. The third-order valence-electron chi connectivity index (χ3n) is 6.65. The second kappa shape index (κ2) is 12.9. The molecule has 0 spiro atoms. The molecule has 1 heterocycles.